The fourth-order valence-corrected chi connectivity index (χ4v) is 0.655. The van der Waals surface area contributed by atoms with Crippen molar-refractivity contribution in [3.05, 3.63) is 5.89 Å². The van der Waals surface area contributed by atoms with E-state index >= 15 is 0 Å². The van der Waals surface area contributed by atoms with Gasteiger partial charge in [0.1, 0.15) is 0 Å². The first-order valence-electron chi connectivity index (χ1n) is 3.88. The number of aryl methyl sites for hydroxylation is 1. The Labute approximate surface area is 70.2 Å². The Bertz CT molecular complexity index is 269. The van der Waals surface area contributed by atoms with Gasteiger partial charge in [-0.1, -0.05) is 18.9 Å². The lowest BCUT2D eigenvalue weighted by Gasteiger charge is -1.93. The van der Waals surface area contributed by atoms with Crippen molar-refractivity contribution < 1.29 is 9.21 Å². The van der Waals surface area contributed by atoms with Crippen LogP contribution in [0, 0.1) is 0 Å². The topological polar surface area (TPSA) is 68.0 Å². The zero-order valence-corrected chi connectivity index (χ0v) is 7.13. The van der Waals surface area contributed by atoms with E-state index in [1.54, 1.807) is 6.92 Å². The molecule has 0 spiro atoms. The molecule has 0 atom stereocenters. The highest BCUT2D eigenvalue weighted by molar-refractivity contribution is 5.88. The van der Waals surface area contributed by atoms with E-state index in [1.165, 1.54) is 0 Å². The van der Waals surface area contributed by atoms with E-state index in [0.29, 0.717) is 18.7 Å². The molecule has 0 unspecified atom stereocenters. The Morgan fingerprint density at radius 2 is 2.25 bits per heavy atom. The summed E-state index contributed by atoms with van der Waals surface area (Å²) in [4.78, 5) is 10.8. The first-order valence-corrected chi connectivity index (χ1v) is 3.88. The van der Waals surface area contributed by atoms with Crippen LogP contribution in [0.1, 0.15) is 26.2 Å². The second-order valence-corrected chi connectivity index (χ2v) is 2.26. The predicted molar refractivity (Wildman–Crippen MR) is 42.6 cm³/mol. The number of carbonyl (C=O) groups is 1. The van der Waals surface area contributed by atoms with Crippen molar-refractivity contribution in [1.29, 1.82) is 0 Å². The molecule has 0 aliphatic carbocycles. The van der Waals surface area contributed by atoms with Gasteiger partial charge in [-0.05, 0) is 0 Å². The summed E-state index contributed by atoms with van der Waals surface area (Å²) in [5.41, 5.74) is 0. The van der Waals surface area contributed by atoms with Gasteiger partial charge in [0, 0.05) is 12.8 Å². The summed E-state index contributed by atoms with van der Waals surface area (Å²) in [6.07, 6.45) is 1.08. The van der Waals surface area contributed by atoms with Crippen LogP contribution in [0.4, 0.5) is 6.01 Å². The third kappa shape index (κ3) is 2.05. The molecular formula is C7H11N3O2. The normalized spacial score (nSPS) is 9.83. The van der Waals surface area contributed by atoms with Crippen molar-refractivity contribution in [2.45, 2.75) is 26.7 Å². The number of amides is 1. The summed E-state index contributed by atoms with van der Waals surface area (Å²) in [6, 6.07) is 0.179. The maximum atomic E-state index is 10.8. The second kappa shape index (κ2) is 3.85. The molecule has 0 bridgehead atoms. The van der Waals surface area contributed by atoms with Crippen LogP contribution in [0.25, 0.3) is 0 Å². The van der Waals surface area contributed by atoms with Gasteiger partial charge >= 0.3 is 6.01 Å². The number of rotatable bonds is 3. The standard InChI is InChI=1S/C7H11N3O2/c1-3-5(11)8-7-10-9-6(4-2)12-7/h3-4H2,1-2H3,(H,8,10,11). The smallest absolute Gasteiger partial charge is 0.322 e. The molecule has 0 saturated heterocycles. The van der Waals surface area contributed by atoms with Crippen LogP contribution >= 0.6 is 0 Å². The number of carbonyl (C=O) groups excluding carboxylic acids is 1. The first kappa shape index (κ1) is 8.70. The highest BCUT2D eigenvalue weighted by Crippen LogP contribution is 2.05. The summed E-state index contributed by atoms with van der Waals surface area (Å²) >= 11 is 0. The van der Waals surface area contributed by atoms with Gasteiger partial charge in [-0.2, -0.15) is 0 Å². The van der Waals surface area contributed by atoms with Gasteiger partial charge in [-0.15, -0.1) is 5.10 Å². The molecule has 0 aromatic carbocycles. The third-order valence-corrected chi connectivity index (χ3v) is 1.34. The average Bonchev–Trinajstić information content (AvgIpc) is 2.52. The van der Waals surface area contributed by atoms with E-state index in [9.17, 15) is 4.79 Å². The van der Waals surface area contributed by atoms with Gasteiger partial charge in [0.25, 0.3) is 0 Å². The molecule has 0 fully saturated rings. The van der Waals surface area contributed by atoms with Crippen LogP contribution in [0.15, 0.2) is 4.42 Å². The minimum Gasteiger partial charge on any atom is -0.408 e. The highest BCUT2D eigenvalue weighted by atomic mass is 16.4. The van der Waals surface area contributed by atoms with E-state index in [1.807, 2.05) is 6.92 Å². The maximum absolute atomic E-state index is 10.8. The van der Waals surface area contributed by atoms with E-state index in [0.717, 1.165) is 0 Å². The fraction of sp³-hybridized carbons (Fsp3) is 0.571. The molecule has 1 heterocycles. The summed E-state index contributed by atoms with van der Waals surface area (Å²) in [7, 11) is 0. The number of aromatic nitrogens is 2. The quantitative estimate of drug-likeness (QED) is 0.732. The van der Waals surface area contributed by atoms with Gasteiger partial charge in [-0.25, -0.2) is 0 Å². The molecule has 0 radical (unpaired) electrons. The molecule has 5 heteroatoms. The van der Waals surface area contributed by atoms with Crippen molar-refractivity contribution in [1.82, 2.24) is 10.2 Å². The zero-order chi connectivity index (χ0) is 8.97. The highest BCUT2D eigenvalue weighted by Gasteiger charge is 2.05. The predicted octanol–water partition coefficient (Wildman–Crippen LogP) is 0.980. The Morgan fingerprint density at radius 3 is 2.75 bits per heavy atom. The molecule has 66 valence electrons. The van der Waals surface area contributed by atoms with Crippen LogP contribution in [0.2, 0.25) is 0 Å². The van der Waals surface area contributed by atoms with E-state index < -0.39 is 0 Å². The van der Waals surface area contributed by atoms with Gasteiger partial charge in [0.2, 0.25) is 11.8 Å². The summed E-state index contributed by atoms with van der Waals surface area (Å²) < 4.78 is 5.05. The Kier molecular flexibility index (Phi) is 2.79. The van der Waals surface area contributed by atoms with Gasteiger partial charge < -0.3 is 4.42 Å². The Hall–Kier alpha value is -1.39. The molecule has 1 aromatic rings. The van der Waals surface area contributed by atoms with Gasteiger partial charge in [0.05, 0.1) is 0 Å². The molecule has 5 nitrogen and oxygen atoms in total. The third-order valence-electron chi connectivity index (χ3n) is 1.34. The number of anilines is 1. The molecular weight excluding hydrogens is 158 g/mol. The molecule has 0 aliphatic heterocycles. The zero-order valence-electron chi connectivity index (χ0n) is 7.13. The summed E-state index contributed by atoms with van der Waals surface area (Å²) in [6.45, 7) is 3.66. The molecule has 1 amide bonds. The van der Waals surface area contributed by atoms with E-state index in [4.69, 9.17) is 4.42 Å². The van der Waals surface area contributed by atoms with Crippen LogP contribution in [0.3, 0.4) is 0 Å². The van der Waals surface area contributed by atoms with Gasteiger partial charge in [-0.3, -0.25) is 10.1 Å². The van der Waals surface area contributed by atoms with Crippen LogP contribution < -0.4 is 5.32 Å². The minimum atomic E-state index is -0.124. The van der Waals surface area contributed by atoms with Crippen molar-refractivity contribution in [3.63, 3.8) is 0 Å². The Balaban J connectivity index is 2.58. The van der Waals surface area contributed by atoms with Crippen LogP contribution in [0.5, 0.6) is 0 Å². The monoisotopic (exact) mass is 169 g/mol. The van der Waals surface area contributed by atoms with Crippen molar-refractivity contribution in [2.24, 2.45) is 0 Å². The first-order chi connectivity index (χ1) is 5.76. The molecule has 12 heavy (non-hydrogen) atoms. The summed E-state index contributed by atoms with van der Waals surface area (Å²) in [5, 5.41) is 9.78. The van der Waals surface area contributed by atoms with E-state index in [2.05, 4.69) is 15.5 Å². The molecule has 1 aromatic heterocycles. The van der Waals surface area contributed by atoms with E-state index in [-0.39, 0.29) is 11.9 Å². The number of nitrogens with zero attached hydrogens (tertiary/aromatic N) is 2. The average molecular weight is 169 g/mol. The summed E-state index contributed by atoms with van der Waals surface area (Å²) in [5.74, 6) is 0.405. The molecule has 1 rings (SSSR count). The van der Waals surface area contributed by atoms with Gasteiger partial charge in [0.15, 0.2) is 0 Å². The van der Waals surface area contributed by atoms with Crippen molar-refractivity contribution in [2.75, 3.05) is 5.32 Å². The lowest BCUT2D eigenvalue weighted by Crippen LogP contribution is -2.09. The SMILES string of the molecule is CCC(=O)Nc1nnc(CC)o1. The number of nitrogens with one attached hydrogen (secondary N) is 1. The lowest BCUT2D eigenvalue weighted by atomic mass is 10.5. The van der Waals surface area contributed by atoms with Crippen molar-refractivity contribution >= 4 is 11.9 Å². The lowest BCUT2D eigenvalue weighted by molar-refractivity contribution is -0.116. The number of hydrogen-bond acceptors (Lipinski definition) is 4. The number of hydrogen-bond donors (Lipinski definition) is 1. The van der Waals surface area contributed by atoms with Crippen LogP contribution in [-0.2, 0) is 11.2 Å². The minimum absolute atomic E-state index is 0.124. The largest absolute Gasteiger partial charge is 0.408 e. The van der Waals surface area contributed by atoms with Crippen LogP contribution in [-0.4, -0.2) is 16.1 Å². The van der Waals surface area contributed by atoms with Crippen molar-refractivity contribution in [3.8, 4) is 0 Å². The molecule has 1 N–H and O–H groups in total. The molecule has 0 saturated carbocycles. The second-order valence-electron chi connectivity index (χ2n) is 2.26. The fourth-order valence-electron chi connectivity index (χ4n) is 0.655. The maximum Gasteiger partial charge on any atom is 0.322 e. The Morgan fingerprint density at radius 1 is 1.50 bits per heavy atom. The molecule has 0 aliphatic rings.